The molecule has 0 fully saturated rings. The van der Waals surface area contributed by atoms with E-state index in [1.165, 1.54) is 35.8 Å². The lowest BCUT2D eigenvalue weighted by atomic mass is 9.93. The Morgan fingerprint density at radius 1 is 1.00 bits per heavy atom. The highest BCUT2D eigenvalue weighted by Crippen LogP contribution is 2.35. The van der Waals surface area contributed by atoms with Gasteiger partial charge in [-0.05, 0) is 49.2 Å². The summed E-state index contributed by atoms with van der Waals surface area (Å²) in [7, 11) is -4.36. The summed E-state index contributed by atoms with van der Waals surface area (Å²) in [5.41, 5.74) is 2.24. The van der Waals surface area contributed by atoms with Crippen molar-refractivity contribution in [3.05, 3.63) is 161 Å². The number of rotatable bonds is 9. The fourth-order valence-electron chi connectivity index (χ4n) is 5.28. The zero-order valence-electron chi connectivity index (χ0n) is 25.6. The first-order valence-corrected chi connectivity index (χ1v) is 16.9. The van der Waals surface area contributed by atoms with Crippen molar-refractivity contribution >= 4 is 44.9 Å². The fraction of sp³-hybridized carbons (Fsp3) is 0.114. The van der Waals surface area contributed by atoms with E-state index in [1.54, 1.807) is 25.1 Å². The van der Waals surface area contributed by atoms with Crippen molar-refractivity contribution in [1.82, 2.24) is 4.57 Å². The summed E-state index contributed by atoms with van der Waals surface area (Å²) in [4.78, 5) is 43.1. The standard InChI is InChI=1S/C35H27N3O8S2/c1-3-45-34(40)30-31(24-10-6-4-7-11-24)36-35-37(32(30)25-12-8-5-9-13-25)33(39)29(47-35)20-23-15-17-26(18-16-23)46-48(43,44)27-19-14-22(2)28(21-27)38(41)42/h4-21,32H,3H2,1-2H3/b29-20-/t32-/m0/s1. The zero-order chi connectivity index (χ0) is 34.0. The Balaban J connectivity index is 1.41. The van der Waals surface area contributed by atoms with E-state index < -0.39 is 27.1 Å². The predicted molar refractivity (Wildman–Crippen MR) is 180 cm³/mol. The Labute approximate surface area is 278 Å². The maximum atomic E-state index is 14.0. The molecule has 0 N–H and O–H groups in total. The number of nitro groups is 1. The van der Waals surface area contributed by atoms with Crippen molar-refractivity contribution in [2.24, 2.45) is 4.99 Å². The molecule has 13 heteroatoms. The van der Waals surface area contributed by atoms with Crippen LogP contribution in [0.15, 0.2) is 123 Å². The molecule has 2 heterocycles. The third-order valence-electron chi connectivity index (χ3n) is 7.54. The van der Waals surface area contributed by atoms with Gasteiger partial charge in [0.15, 0.2) is 4.80 Å². The lowest BCUT2D eigenvalue weighted by Gasteiger charge is -2.25. The highest BCUT2D eigenvalue weighted by molar-refractivity contribution is 7.87. The first-order valence-electron chi connectivity index (χ1n) is 14.7. The highest BCUT2D eigenvalue weighted by atomic mass is 32.2. The van der Waals surface area contributed by atoms with Crippen LogP contribution in [0.4, 0.5) is 5.69 Å². The predicted octanol–water partition coefficient (Wildman–Crippen LogP) is 4.92. The molecule has 242 valence electrons. The average Bonchev–Trinajstić information content (AvgIpc) is 3.39. The molecule has 11 nitrogen and oxygen atoms in total. The van der Waals surface area contributed by atoms with E-state index in [1.807, 2.05) is 60.7 Å². The topological polar surface area (TPSA) is 147 Å². The van der Waals surface area contributed by atoms with Crippen molar-refractivity contribution in [1.29, 1.82) is 0 Å². The molecule has 1 aliphatic heterocycles. The average molecular weight is 682 g/mol. The minimum Gasteiger partial charge on any atom is -0.463 e. The van der Waals surface area contributed by atoms with E-state index in [0.29, 0.717) is 37.3 Å². The van der Waals surface area contributed by atoms with Gasteiger partial charge in [0.25, 0.3) is 11.2 Å². The van der Waals surface area contributed by atoms with Gasteiger partial charge in [-0.1, -0.05) is 90.2 Å². The van der Waals surface area contributed by atoms with Crippen LogP contribution < -0.4 is 19.1 Å². The summed E-state index contributed by atoms with van der Waals surface area (Å²) in [6.45, 7) is 3.37. The monoisotopic (exact) mass is 681 g/mol. The molecule has 0 saturated carbocycles. The van der Waals surface area contributed by atoms with Gasteiger partial charge >= 0.3 is 16.1 Å². The largest absolute Gasteiger partial charge is 0.463 e. The van der Waals surface area contributed by atoms with Crippen LogP contribution in [0.3, 0.4) is 0 Å². The van der Waals surface area contributed by atoms with E-state index in [0.717, 1.165) is 17.4 Å². The van der Waals surface area contributed by atoms with Crippen LogP contribution in [0.25, 0.3) is 11.8 Å². The van der Waals surface area contributed by atoms with Gasteiger partial charge in [-0.3, -0.25) is 19.5 Å². The Kier molecular flexibility index (Phi) is 8.89. The number of aryl methyl sites for hydroxylation is 1. The van der Waals surface area contributed by atoms with E-state index in [2.05, 4.69) is 0 Å². The molecule has 48 heavy (non-hydrogen) atoms. The third-order valence-corrected chi connectivity index (χ3v) is 9.76. The van der Waals surface area contributed by atoms with Gasteiger partial charge in [0.1, 0.15) is 10.6 Å². The molecule has 0 aliphatic carbocycles. The van der Waals surface area contributed by atoms with E-state index in [-0.39, 0.29) is 34.1 Å². The summed E-state index contributed by atoms with van der Waals surface area (Å²) in [6, 6.07) is 27.2. The smallest absolute Gasteiger partial charge is 0.339 e. The maximum absolute atomic E-state index is 14.0. The van der Waals surface area contributed by atoms with Gasteiger partial charge in [-0.2, -0.15) is 8.42 Å². The molecule has 1 aliphatic rings. The quantitative estimate of drug-likeness (QED) is 0.0922. The number of esters is 1. The number of hydrogen-bond donors (Lipinski definition) is 0. The van der Waals surface area contributed by atoms with Crippen LogP contribution in [-0.2, 0) is 19.6 Å². The van der Waals surface area contributed by atoms with Gasteiger partial charge in [-0.15, -0.1) is 0 Å². The van der Waals surface area contributed by atoms with Crippen molar-refractivity contribution in [2.75, 3.05) is 6.61 Å². The summed E-state index contributed by atoms with van der Waals surface area (Å²) in [5, 5.41) is 11.3. The molecular formula is C35H27N3O8S2. The molecule has 0 spiro atoms. The molecule has 0 amide bonds. The molecule has 5 aromatic rings. The van der Waals surface area contributed by atoms with Crippen LogP contribution >= 0.6 is 11.3 Å². The summed E-state index contributed by atoms with van der Waals surface area (Å²) in [5.74, 6) is -0.596. The molecular weight excluding hydrogens is 655 g/mol. The fourth-order valence-corrected chi connectivity index (χ4v) is 7.23. The second-order valence-electron chi connectivity index (χ2n) is 10.7. The Morgan fingerprint density at radius 3 is 2.31 bits per heavy atom. The number of nitro benzene ring substituents is 1. The first kappa shape index (κ1) is 32.3. The summed E-state index contributed by atoms with van der Waals surface area (Å²) >= 11 is 1.16. The number of hydrogen-bond acceptors (Lipinski definition) is 10. The van der Waals surface area contributed by atoms with Gasteiger partial charge in [-0.25, -0.2) is 9.79 Å². The van der Waals surface area contributed by atoms with E-state index in [9.17, 15) is 28.1 Å². The summed E-state index contributed by atoms with van der Waals surface area (Å²) in [6.07, 6.45) is 1.64. The lowest BCUT2D eigenvalue weighted by Crippen LogP contribution is -2.39. The van der Waals surface area contributed by atoms with Crippen molar-refractivity contribution in [3.8, 4) is 5.75 Å². The first-order chi connectivity index (χ1) is 23.1. The SMILES string of the molecule is CCOC(=O)C1=C(c2ccccc2)N=c2s/c(=C\c3ccc(OS(=O)(=O)c4ccc(C)c([N+](=O)[O-])c4)cc3)c(=O)n2[C@H]1c1ccccc1. The number of fused-ring (bicyclic) bond motifs is 1. The Hall–Kier alpha value is -5.66. The Bertz CT molecular complexity index is 2370. The summed E-state index contributed by atoms with van der Waals surface area (Å²) < 4.78 is 38.3. The number of thiazole rings is 1. The minimum absolute atomic E-state index is 0.0208. The Morgan fingerprint density at radius 2 is 1.67 bits per heavy atom. The van der Waals surface area contributed by atoms with Crippen LogP contribution in [0.1, 0.15) is 35.2 Å². The number of carbonyl (C=O) groups is 1. The van der Waals surface area contributed by atoms with Crippen LogP contribution in [0, 0.1) is 17.0 Å². The second-order valence-corrected chi connectivity index (χ2v) is 13.2. The number of ether oxygens (including phenoxy) is 1. The normalized spacial score (nSPS) is 14.6. The minimum atomic E-state index is -4.36. The van der Waals surface area contributed by atoms with Crippen molar-refractivity contribution in [2.45, 2.75) is 24.8 Å². The van der Waals surface area contributed by atoms with Crippen molar-refractivity contribution in [3.63, 3.8) is 0 Å². The van der Waals surface area contributed by atoms with Gasteiger partial charge < -0.3 is 8.92 Å². The van der Waals surface area contributed by atoms with Crippen LogP contribution in [0.2, 0.25) is 0 Å². The number of carbonyl (C=O) groups excluding carboxylic acids is 1. The highest BCUT2D eigenvalue weighted by Gasteiger charge is 2.35. The number of benzene rings is 4. The number of aromatic nitrogens is 1. The molecule has 0 unspecified atom stereocenters. The molecule has 6 rings (SSSR count). The van der Waals surface area contributed by atoms with Crippen LogP contribution in [-0.4, -0.2) is 30.5 Å². The molecule has 0 radical (unpaired) electrons. The van der Waals surface area contributed by atoms with Gasteiger partial charge in [0.05, 0.1) is 33.4 Å². The molecule has 0 saturated heterocycles. The second kappa shape index (κ2) is 13.2. The zero-order valence-corrected chi connectivity index (χ0v) is 27.2. The van der Waals surface area contributed by atoms with Gasteiger partial charge in [0.2, 0.25) is 0 Å². The van der Waals surface area contributed by atoms with Crippen molar-refractivity contribution < 1.29 is 27.1 Å². The molecule has 0 bridgehead atoms. The van der Waals surface area contributed by atoms with E-state index in [4.69, 9.17) is 13.9 Å². The lowest BCUT2D eigenvalue weighted by molar-refractivity contribution is -0.385. The van der Waals surface area contributed by atoms with Crippen LogP contribution in [0.5, 0.6) is 5.75 Å². The van der Waals surface area contributed by atoms with Gasteiger partial charge in [0, 0.05) is 17.2 Å². The maximum Gasteiger partial charge on any atom is 0.339 e. The molecule has 1 aromatic heterocycles. The number of nitrogens with zero attached hydrogens (tertiary/aromatic N) is 3. The molecule has 4 aromatic carbocycles. The molecule has 1 atom stereocenters. The van der Waals surface area contributed by atoms with E-state index >= 15 is 0 Å². The third kappa shape index (κ3) is 6.33.